The van der Waals surface area contributed by atoms with E-state index < -0.39 is 41.0 Å². The fourth-order valence-corrected chi connectivity index (χ4v) is 2.41. The quantitative estimate of drug-likeness (QED) is 0.764. The molecule has 0 aliphatic rings. The highest BCUT2D eigenvalue weighted by Crippen LogP contribution is 2.18. The van der Waals surface area contributed by atoms with Crippen LogP contribution in [0, 0.1) is 0 Å². The summed E-state index contributed by atoms with van der Waals surface area (Å²) in [6, 6.07) is 0. The molecule has 0 spiro atoms. The molecule has 0 saturated carbocycles. The molecule has 0 aromatic heterocycles. The van der Waals surface area contributed by atoms with Gasteiger partial charge in [-0.1, -0.05) is 6.92 Å². The van der Waals surface area contributed by atoms with E-state index in [1.807, 2.05) is 0 Å². The van der Waals surface area contributed by atoms with Crippen LogP contribution in [0.2, 0.25) is 0 Å². The van der Waals surface area contributed by atoms with Gasteiger partial charge in [0, 0.05) is 0 Å². The average Bonchev–Trinajstić information content (AvgIpc) is 1.98. The number of nitrogens with zero attached hydrogens (tertiary/aromatic N) is 1. The Bertz CT molecular complexity index is 338. The Hall–Kier alpha value is -0.830. The highest BCUT2D eigenvalue weighted by atomic mass is 32.2. The lowest BCUT2D eigenvalue weighted by Gasteiger charge is -2.21. The molecule has 0 rings (SSSR count). The molecular weight excluding hydrogens is 251 g/mol. The summed E-state index contributed by atoms with van der Waals surface area (Å²) in [4.78, 5) is 10.3. The van der Waals surface area contributed by atoms with Crippen LogP contribution in [0.15, 0.2) is 0 Å². The lowest BCUT2D eigenvalue weighted by Crippen LogP contribution is -2.42. The highest BCUT2D eigenvalue weighted by molar-refractivity contribution is 7.89. The van der Waals surface area contributed by atoms with Crippen molar-refractivity contribution in [2.45, 2.75) is 19.5 Å². The molecule has 0 bridgehead atoms. The molecule has 0 aliphatic heterocycles. The van der Waals surface area contributed by atoms with Crippen LogP contribution in [-0.2, 0) is 14.8 Å². The molecule has 1 N–H and O–H groups in total. The van der Waals surface area contributed by atoms with E-state index >= 15 is 0 Å². The van der Waals surface area contributed by atoms with Crippen molar-refractivity contribution in [2.24, 2.45) is 0 Å². The Morgan fingerprint density at radius 3 is 2.19 bits per heavy atom. The number of carboxylic acid groups (broad SMARTS) is 1. The van der Waals surface area contributed by atoms with Crippen LogP contribution in [-0.4, -0.2) is 48.8 Å². The van der Waals surface area contributed by atoms with Gasteiger partial charge >= 0.3 is 12.1 Å². The average molecular weight is 263 g/mol. The van der Waals surface area contributed by atoms with E-state index in [0.717, 1.165) is 0 Å². The minimum Gasteiger partial charge on any atom is -0.480 e. The summed E-state index contributed by atoms with van der Waals surface area (Å²) >= 11 is 0. The van der Waals surface area contributed by atoms with E-state index in [-0.39, 0.29) is 10.7 Å². The minimum atomic E-state index is -4.75. The third kappa shape index (κ3) is 5.91. The SMILES string of the molecule is CCCS(=O)(=O)N(CC(=O)O)CC(F)(F)F. The van der Waals surface area contributed by atoms with Crippen molar-refractivity contribution in [1.82, 2.24) is 4.31 Å². The maximum absolute atomic E-state index is 12.0. The molecule has 0 aromatic carbocycles. The van der Waals surface area contributed by atoms with E-state index in [4.69, 9.17) is 5.11 Å². The first kappa shape index (κ1) is 15.2. The summed E-state index contributed by atoms with van der Waals surface area (Å²) < 4.78 is 58.6. The van der Waals surface area contributed by atoms with Crippen LogP contribution in [0.1, 0.15) is 13.3 Å². The van der Waals surface area contributed by atoms with Crippen molar-refractivity contribution in [1.29, 1.82) is 0 Å². The molecule has 0 radical (unpaired) electrons. The van der Waals surface area contributed by atoms with Gasteiger partial charge in [0.1, 0.15) is 13.1 Å². The minimum absolute atomic E-state index is 0.0706. The van der Waals surface area contributed by atoms with Crippen LogP contribution < -0.4 is 0 Å². The first-order chi connectivity index (χ1) is 7.08. The van der Waals surface area contributed by atoms with Gasteiger partial charge in [-0.3, -0.25) is 4.79 Å². The molecule has 5 nitrogen and oxygen atoms in total. The molecule has 16 heavy (non-hydrogen) atoms. The zero-order valence-electron chi connectivity index (χ0n) is 8.49. The fourth-order valence-electron chi connectivity index (χ4n) is 0.990. The first-order valence-electron chi connectivity index (χ1n) is 4.35. The lowest BCUT2D eigenvalue weighted by molar-refractivity contribution is -0.146. The third-order valence-electron chi connectivity index (χ3n) is 1.52. The fraction of sp³-hybridized carbons (Fsp3) is 0.857. The zero-order chi connectivity index (χ0) is 13.0. The number of sulfonamides is 1. The van der Waals surface area contributed by atoms with E-state index in [1.54, 1.807) is 0 Å². The number of carbonyl (C=O) groups is 1. The van der Waals surface area contributed by atoms with Crippen molar-refractivity contribution >= 4 is 16.0 Å². The van der Waals surface area contributed by atoms with Gasteiger partial charge in [-0.2, -0.15) is 17.5 Å². The smallest absolute Gasteiger partial charge is 0.402 e. The van der Waals surface area contributed by atoms with Crippen molar-refractivity contribution < 1.29 is 31.5 Å². The molecular formula is C7H12F3NO4S. The van der Waals surface area contributed by atoms with Crippen LogP contribution in [0.3, 0.4) is 0 Å². The van der Waals surface area contributed by atoms with Crippen LogP contribution in [0.5, 0.6) is 0 Å². The van der Waals surface area contributed by atoms with E-state index in [9.17, 15) is 26.4 Å². The summed E-state index contributed by atoms with van der Waals surface area (Å²) in [6.07, 6.45) is -4.63. The number of alkyl halides is 3. The second kappa shape index (κ2) is 5.48. The normalized spacial score (nSPS) is 13.1. The summed E-state index contributed by atoms with van der Waals surface area (Å²) in [5, 5.41) is 8.34. The number of rotatable bonds is 6. The van der Waals surface area contributed by atoms with Gasteiger partial charge in [-0.05, 0) is 6.42 Å². The summed E-state index contributed by atoms with van der Waals surface area (Å²) in [5.41, 5.74) is 0. The van der Waals surface area contributed by atoms with Crippen LogP contribution in [0.25, 0.3) is 0 Å². The molecule has 0 atom stereocenters. The number of hydrogen-bond donors (Lipinski definition) is 1. The Morgan fingerprint density at radius 2 is 1.88 bits per heavy atom. The molecule has 0 saturated heterocycles. The van der Waals surface area contributed by atoms with Crippen molar-refractivity contribution in [3.05, 3.63) is 0 Å². The van der Waals surface area contributed by atoms with Gasteiger partial charge in [-0.25, -0.2) is 8.42 Å². The Morgan fingerprint density at radius 1 is 1.38 bits per heavy atom. The van der Waals surface area contributed by atoms with Crippen molar-refractivity contribution in [3.63, 3.8) is 0 Å². The Labute approximate surface area is 90.9 Å². The van der Waals surface area contributed by atoms with Crippen LogP contribution >= 0.6 is 0 Å². The van der Waals surface area contributed by atoms with Crippen molar-refractivity contribution in [3.8, 4) is 0 Å². The van der Waals surface area contributed by atoms with Gasteiger partial charge in [-0.15, -0.1) is 0 Å². The van der Waals surface area contributed by atoms with E-state index in [0.29, 0.717) is 0 Å². The van der Waals surface area contributed by atoms with Gasteiger partial charge < -0.3 is 5.11 Å². The summed E-state index contributed by atoms with van der Waals surface area (Å²) in [7, 11) is -4.17. The number of halogens is 3. The molecule has 0 unspecified atom stereocenters. The van der Waals surface area contributed by atoms with Gasteiger partial charge in [0.25, 0.3) is 0 Å². The van der Waals surface area contributed by atoms with Gasteiger partial charge in [0.05, 0.1) is 5.75 Å². The second-order valence-electron chi connectivity index (χ2n) is 3.09. The zero-order valence-corrected chi connectivity index (χ0v) is 9.31. The summed E-state index contributed by atoms with van der Waals surface area (Å²) in [5.74, 6) is -2.12. The predicted octanol–water partition coefficient (Wildman–Crippen LogP) is 0.675. The predicted molar refractivity (Wildman–Crippen MR) is 49.3 cm³/mol. The third-order valence-corrected chi connectivity index (χ3v) is 3.49. The number of hydrogen-bond acceptors (Lipinski definition) is 3. The highest BCUT2D eigenvalue weighted by Gasteiger charge is 2.36. The van der Waals surface area contributed by atoms with E-state index in [2.05, 4.69) is 0 Å². The largest absolute Gasteiger partial charge is 0.480 e. The number of carboxylic acids is 1. The number of aliphatic carboxylic acids is 1. The molecule has 0 heterocycles. The van der Waals surface area contributed by atoms with Crippen LogP contribution in [0.4, 0.5) is 13.2 Å². The molecule has 0 aliphatic carbocycles. The lowest BCUT2D eigenvalue weighted by atomic mass is 10.5. The molecule has 96 valence electrons. The molecule has 9 heteroatoms. The molecule has 0 aromatic rings. The second-order valence-corrected chi connectivity index (χ2v) is 5.18. The van der Waals surface area contributed by atoms with Gasteiger partial charge in [0.2, 0.25) is 10.0 Å². The maximum Gasteiger partial charge on any atom is 0.402 e. The summed E-state index contributed by atoms with van der Waals surface area (Å²) in [6.45, 7) is -1.48. The standard InChI is InChI=1S/C7H12F3NO4S/c1-2-3-16(14,15)11(4-6(12)13)5-7(8,9)10/h2-5H2,1H3,(H,12,13). The molecule has 0 amide bonds. The first-order valence-corrected chi connectivity index (χ1v) is 5.96. The Balaban J connectivity index is 4.87. The maximum atomic E-state index is 12.0. The van der Waals surface area contributed by atoms with Gasteiger partial charge in [0.15, 0.2) is 0 Å². The monoisotopic (exact) mass is 263 g/mol. The van der Waals surface area contributed by atoms with E-state index in [1.165, 1.54) is 6.92 Å². The molecule has 0 fully saturated rings. The Kier molecular flexibility index (Phi) is 5.20. The van der Waals surface area contributed by atoms with Crippen molar-refractivity contribution in [2.75, 3.05) is 18.8 Å². The topological polar surface area (TPSA) is 74.7 Å².